The van der Waals surface area contributed by atoms with Crippen LogP contribution in [0.3, 0.4) is 0 Å². The fraction of sp³-hybridized carbons (Fsp3) is 0.625. The minimum atomic E-state index is -0.474. The number of ether oxygens (including phenoxy) is 1. The van der Waals surface area contributed by atoms with Gasteiger partial charge >= 0.3 is 0 Å². The van der Waals surface area contributed by atoms with Gasteiger partial charge in [-0.15, -0.1) is 0 Å². The lowest BCUT2D eigenvalue weighted by atomic mass is 9.83. The number of fused-ring (bicyclic) bond motifs is 3. The van der Waals surface area contributed by atoms with E-state index in [1.807, 2.05) is 0 Å². The lowest BCUT2D eigenvalue weighted by molar-refractivity contribution is -0.127. The Labute approximate surface area is 186 Å². The third-order valence-corrected chi connectivity index (χ3v) is 8.24. The summed E-state index contributed by atoms with van der Waals surface area (Å²) in [6.45, 7) is 2.58. The Morgan fingerprint density at radius 3 is 2.62 bits per heavy atom. The first-order valence-electron chi connectivity index (χ1n) is 11.9. The van der Waals surface area contributed by atoms with Crippen LogP contribution in [0, 0.1) is 5.41 Å². The van der Waals surface area contributed by atoms with Gasteiger partial charge in [0.05, 0.1) is 18.6 Å². The number of nitrogens with one attached hydrogen (secondary N) is 1. The molecule has 2 saturated carbocycles. The molecule has 0 radical (unpaired) electrons. The topological polar surface area (TPSA) is 96.7 Å². The molecule has 0 aromatic carbocycles. The van der Waals surface area contributed by atoms with Crippen molar-refractivity contribution in [3.05, 3.63) is 34.2 Å². The van der Waals surface area contributed by atoms with Crippen LogP contribution in [0.25, 0.3) is 11.0 Å². The van der Waals surface area contributed by atoms with Gasteiger partial charge in [0.1, 0.15) is 17.0 Å². The van der Waals surface area contributed by atoms with E-state index in [2.05, 4.69) is 15.2 Å². The number of pyridine rings is 2. The number of hydrogen-bond donors (Lipinski definition) is 2. The van der Waals surface area contributed by atoms with E-state index >= 15 is 0 Å². The van der Waals surface area contributed by atoms with E-state index in [1.165, 1.54) is 12.8 Å². The SMILES string of the molecule is O=C(NC1CCC2(CC1)CC2)c1c(O)c2cccnc2n(CCN2C3COCC2C3)c1=O. The van der Waals surface area contributed by atoms with Crippen molar-refractivity contribution >= 4 is 16.9 Å². The fourth-order valence-corrected chi connectivity index (χ4v) is 5.98. The molecule has 2 atom stereocenters. The van der Waals surface area contributed by atoms with Gasteiger partial charge in [0.2, 0.25) is 0 Å². The smallest absolute Gasteiger partial charge is 0.268 e. The van der Waals surface area contributed by atoms with Crippen LogP contribution >= 0.6 is 0 Å². The van der Waals surface area contributed by atoms with E-state index in [0.717, 1.165) is 45.3 Å². The van der Waals surface area contributed by atoms with Crippen LogP contribution in [0.5, 0.6) is 5.75 Å². The summed E-state index contributed by atoms with van der Waals surface area (Å²) in [5, 5.41) is 14.3. The Kier molecular flexibility index (Phi) is 4.76. The molecule has 4 fully saturated rings. The third-order valence-electron chi connectivity index (χ3n) is 8.24. The van der Waals surface area contributed by atoms with Crippen molar-refractivity contribution in [2.24, 2.45) is 5.41 Å². The van der Waals surface area contributed by atoms with Gasteiger partial charge in [-0.05, 0) is 62.5 Å². The van der Waals surface area contributed by atoms with Crippen LogP contribution in [-0.2, 0) is 11.3 Å². The molecule has 2 N–H and O–H groups in total. The molecule has 4 heterocycles. The predicted octanol–water partition coefficient (Wildman–Crippen LogP) is 2.03. The maximum Gasteiger partial charge on any atom is 0.268 e. The van der Waals surface area contributed by atoms with Gasteiger partial charge in [0.25, 0.3) is 11.5 Å². The fourth-order valence-electron chi connectivity index (χ4n) is 5.98. The number of rotatable bonds is 5. The van der Waals surface area contributed by atoms with Gasteiger partial charge in [-0.25, -0.2) is 4.98 Å². The Hall–Kier alpha value is -2.45. The summed E-state index contributed by atoms with van der Waals surface area (Å²) in [4.78, 5) is 33.3. The van der Waals surface area contributed by atoms with Crippen LogP contribution in [0.2, 0.25) is 0 Å². The average molecular weight is 439 g/mol. The summed E-state index contributed by atoms with van der Waals surface area (Å²) in [7, 11) is 0. The minimum absolute atomic E-state index is 0.0611. The monoisotopic (exact) mass is 438 g/mol. The second kappa shape index (κ2) is 7.56. The highest BCUT2D eigenvalue weighted by Crippen LogP contribution is 2.56. The van der Waals surface area contributed by atoms with Crippen molar-refractivity contribution in [3.8, 4) is 5.75 Å². The van der Waals surface area contributed by atoms with Crippen molar-refractivity contribution in [2.45, 2.75) is 69.6 Å². The molecule has 8 heteroatoms. The molecule has 8 nitrogen and oxygen atoms in total. The summed E-state index contributed by atoms with van der Waals surface area (Å²) >= 11 is 0. The summed E-state index contributed by atoms with van der Waals surface area (Å²) in [5.74, 6) is -0.742. The number of carbonyl (C=O) groups excluding carboxylic acids is 1. The molecule has 2 aliphatic carbocycles. The Morgan fingerprint density at radius 1 is 1.19 bits per heavy atom. The molecule has 170 valence electrons. The lowest BCUT2D eigenvalue weighted by Gasteiger charge is -2.52. The van der Waals surface area contributed by atoms with E-state index in [4.69, 9.17) is 4.74 Å². The van der Waals surface area contributed by atoms with Gasteiger partial charge < -0.3 is 15.2 Å². The molecule has 1 amide bonds. The largest absolute Gasteiger partial charge is 0.506 e. The van der Waals surface area contributed by atoms with E-state index in [-0.39, 0.29) is 17.4 Å². The predicted molar refractivity (Wildman–Crippen MR) is 119 cm³/mol. The minimum Gasteiger partial charge on any atom is -0.506 e. The van der Waals surface area contributed by atoms with Gasteiger partial charge in [0, 0.05) is 37.4 Å². The molecule has 1 spiro atoms. The van der Waals surface area contributed by atoms with Crippen molar-refractivity contribution in [1.82, 2.24) is 19.8 Å². The van der Waals surface area contributed by atoms with E-state index in [0.29, 0.717) is 41.6 Å². The summed E-state index contributed by atoms with van der Waals surface area (Å²) in [6.07, 6.45) is 9.52. The standard InChI is InChI=1S/C24H30N4O4/c29-20-18-2-1-9-25-21(18)28(11-10-27-16-12-17(27)14-32-13-16)23(31)19(20)22(30)26-15-3-5-24(6-4-15)7-8-24/h1-2,9,15-17,29H,3-8,10-14H2,(H,26,30). The molecule has 2 bridgehead atoms. The maximum atomic E-state index is 13.4. The average Bonchev–Trinajstić information content (AvgIpc) is 3.57. The first-order valence-corrected chi connectivity index (χ1v) is 11.9. The van der Waals surface area contributed by atoms with Crippen LogP contribution < -0.4 is 10.9 Å². The number of carbonyl (C=O) groups is 1. The Balaban J connectivity index is 1.27. The number of aromatic nitrogens is 2. The highest BCUT2D eigenvalue weighted by molar-refractivity contribution is 6.01. The van der Waals surface area contributed by atoms with Crippen molar-refractivity contribution in [3.63, 3.8) is 0 Å². The van der Waals surface area contributed by atoms with E-state index in [1.54, 1.807) is 22.9 Å². The third kappa shape index (κ3) is 3.31. The van der Waals surface area contributed by atoms with E-state index < -0.39 is 11.5 Å². The molecule has 2 aliphatic heterocycles. The number of nitrogens with zero attached hydrogens (tertiary/aromatic N) is 3. The van der Waals surface area contributed by atoms with Crippen LogP contribution in [0.15, 0.2) is 23.1 Å². The normalized spacial score (nSPS) is 26.8. The molecule has 6 rings (SSSR count). The Bertz CT molecular complexity index is 1100. The summed E-state index contributed by atoms with van der Waals surface area (Å²) < 4.78 is 7.11. The molecule has 2 aromatic heterocycles. The molecular weight excluding hydrogens is 408 g/mol. The Morgan fingerprint density at radius 2 is 1.94 bits per heavy atom. The second-order valence-corrected chi connectivity index (χ2v) is 10.1. The molecule has 2 aromatic rings. The molecule has 32 heavy (non-hydrogen) atoms. The summed E-state index contributed by atoms with van der Waals surface area (Å²) in [5.41, 5.74) is 0.319. The lowest BCUT2D eigenvalue weighted by Crippen LogP contribution is -2.64. The van der Waals surface area contributed by atoms with Gasteiger partial charge in [0.15, 0.2) is 0 Å². The van der Waals surface area contributed by atoms with Gasteiger partial charge in [-0.3, -0.25) is 19.1 Å². The zero-order valence-corrected chi connectivity index (χ0v) is 18.3. The van der Waals surface area contributed by atoms with Crippen molar-refractivity contribution < 1.29 is 14.6 Å². The zero-order valence-electron chi connectivity index (χ0n) is 18.3. The van der Waals surface area contributed by atoms with Crippen molar-refractivity contribution in [1.29, 1.82) is 0 Å². The molecule has 2 saturated heterocycles. The van der Waals surface area contributed by atoms with Crippen molar-refractivity contribution in [2.75, 3.05) is 19.8 Å². The number of aromatic hydroxyl groups is 1. The summed E-state index contributed by atoms with van der Waals surface area (Å²) in [6, 6.07) is 4.31. The molecule has 4 aliphatic rings. The number of amides is 1. The first kappa shape index (κ1) is 20.2. The number of hydrogen-bond acceptors (Lipinski definition) is 6. The quantitative estimate of drug-likeness (QED) is 0.742. The second-order valence-electron chi connectivity index (χ2n) is 10.1. The van der Waals surface area contributed by atoms with Gasteiger partial charge in [-0.1, -0.05) is 0 Å². The molecule has 2 unspecified atom stereocenters. The first-order chi connectivity index (χ1) is 15.5. The zero-order chi connectivity index (χ0) is 21.9. The molecular formula is C24H30N4O4. The number of morpholine rings is 1. The highest BCUT2D eigenvalue weighted by Gasteiger charge is 2.45. The van der Waals surface area contributed by atoms with Crippen LogP contribution in [0.4, 0.5) is 0 Å². The van der Waals surface area contributed by atoms with Crippen LogP contribution in [-0.4, -0.2) is 63.3 Å². The van der Waals surface area contributed by atoms with E-state index in [9.17, 15) is 14.7 Å². The van der Waals surface area contributed by atoms with Gasteiger partial charge in [-0.2, -0.15) is 0 Å². The highest BCUT2D eigenvalue weighted by atomic mass is 16.5. The maximum absolute atomic E-state index is 13.4. The van der Waals surface area contributed by atoms with Crippen LogP contribution in [0.1, 0.15) is 55.3 Å².